The van der Waals surface area contributed by atoms with Crippen LogP contribution in [-0.4, -0.2) is 51.4 Å². The smallest absolute Gasteiger partial charge is 0.304 e. The molecule has 0 bridgehead atoms. The van der Waals surface area contributed by atoms with Gasteiger partial charge < -0.3 is 5.11 Å². The van der Waals surface area contributed by atoms with E-state index in [1.54, 1.807) is 33.0 Å². The first-order chi connectivity index (χ1) is 10.2. The lowest BCUT2D eigenvalue weighted by Crippen LogP contribution is -2.38. The topological polar surface area (TPSA) is 105 Å². The van der Waals surface area contributed by atoms with Gasteiger partial charge in [-0.05, 0) is 26.0 Å². The number of carboxylic acid groups (broad SMARTS) is 1. The molecule has 0 aliphatic carbocycles. The number of fused-ring (bicyclic) bond motifs is 1. The van der Waals surface area contributed by atoms with E-state index in [4.69, 9.17) is 5.11 Å². The van der Waals surface area contributed by atoms with Gasteiger partial charge in [0.1, 0.15) is 10.4 Å². The van der Waals surface area contributed by atoms with Gasteiger partial charge in [0.05, 0.1) is 11.9 Å². The third-order valence-corrected chi connectivity index (χ3v) is 5.42. The molecule has 8 nitrogen and oxygen atoms in total. The molecule has 0 aliphatic heterocycles. The third kappa shape index (κ3) is 2.95. The number of carbonyl (C=O) groups is 1. The zero-order chi connectivity index (χ0) is 16.5. The highest BCUT2D eigenvalue weighted by atomic mass is 32.2. The van der Waals surface area contributed by atoms with Crippen molar-refractivity contribution in [2.24, 2.45) is 7.05 Å². The molecule has 120 valence electrons. The maximum atomic E-state index is 12.9. The van der Waals surface area contributed by atoms with E-state index in [0.717, 1.165) is 0 Å². The van der Waals surface area contributed by atoms with Crippen molar-refractivity contribution < 1.29 is 18.3 Å². The van der Waals surface area contributed by atoms with Crippen LogP contribution in [0.3, 0.4) is 0 Å². The Bertz CT molecular complexity index is 797. The van der Waals surface area contributed by atoms with E-state index in [1.807, 2.05) is 0 Å². The summed E-state index contributed by atoms with van der Waals surface area (Å²) in [5, 5.41) is 16.6. The molecule has 2 aromatic rings. The molecule has 0 unspecified atom stereocenters. The minimum Gasteiger partial charge on any atom is -0.481 e. The number of rotatable bonds is 6. The Kier molecular flexibility index (Phi) is 4.47. The molecule has 1 aromatic carbocycles. The number of hydrogen-bond acceptors (Lipinski definition) is 5. The molecule has 1 aromatic heterocycles. The third-order valence-electron chi connectivity index (χ3n) is 3.31. The van der Waals surface area contributed by atoms with Gasteiger partial charge in [-0.3, -0.25) is 4.79 Å². The van der Waals surface area contributed by atoms with Crippen molar-refractivity contribution >= 4 is 27.0 Å². The summed E-state index contributed by atoms with van der Waals surface area (Å²) in [5.74, 6) is -1.04. The second-order valence-corrected chi connectivity index (χ2v) is 7.05. The molecule has 0 saturated heterocycles. The van der Waals surface area contributed by atoms with Gasteiger partial charge in [0.2, 0.25) is 10.0 Å². The lowest BCUT2D eigenvalue weighted by molar-refractivity contribution is -0.137. The van der Waals surface area contributed by atoms with Crippen LogP contribution < -0.4 is 0 Å². The van der Waals surface area contributed by atoms with E-state index in [0.29, 0.717) is 5.52 Å². The van der Waals surface area contributed by atoms with Crippen LogP contribution in [0, 0.1) is 0 Å². The quantitative estimate of drug-likeness (QED) is 0.843. The van der Waals surface area contributed by atoms with E-state index < -0.39 is 16.0 Å². The highest BCUT2D eigenvalue weighted by Gasteiger charge is 2.30. The van der Waals surface area contributed by atoms with Crippen LogP contribution >= 0.6 is 0 Å². The molecule has 0 aliphatic rings. The average Bonchev–Trinajstić information content (AvgIpc) is 2.79. The molecule has 1 heterocycles. The summed E-state index contributed by atoms with van der Waals surface area (Å²) in [6, 6.07) is 4.44. The van der Waals surface area contributed by atoms with Crippen LogP contribution in [0.2, 0.25) is 0 Å². The van der Waals surface area contributed by atoms with Crippen molar-refractivity contribution in [1.82, 2.24) is 19.3 Å². The summed E-state index contributed by atoms with van der Waals surface area (Å²) in [5.41, 5.74) is 0.883. The number of aliphatic carboxylic acids is 1. The summed E-state index contributed by atoms with van der Waals surface area (Å²) >= 11 is 0. The first-order valence-electron chi connectivity index (χ1n) is 6.77. The van der Waals surface area contributed by atoms with Crippen molar-refractivity contribution in [3.05, 3.63) is 18.2 Å². The van der Waals surface area contributed by atoms with Gasteiger partial charge in [0.15, 0.2) is 0 Å². The molecule has 0 spiro atoms. The molecule has 22 heavy (non-hydrogen) atoms. The molecular formula is C13H18N4O4S. The monoisotopic (exact) mass is 326 g/mol. The minimum absolute atomic E-state index is 0.0391. The first kappa shape index (κ1) is 16.4. The Labute approximate surface area is 128 Å². The summed E-state index contributed by atoms with van der Waals surface area (Å²) in [6.45, 7) is 3.32. The minimum atomic E-state index is -3.86. The van der Waals surface area contributed by atoms with E-state index in [-0.39, 0.29) is 29.4 Å². The highest BCUT2D eigenvalue weighted by molar-refractivity contribution is 7.89. The first-order valence-corrected chi connectivity index (χ1v) is 8.21. The summed E-state index contributed by atoms with van der Waals surface area (Å²) in [4.78, 5) is 10.8. The fourth-order valence-electron chi connectivity index (χ4n) is 2.23. The summed E-state index contributed by atoms with van der Waals surface area (Å²) in [7, 11) is -2.18. The Balaban J connectivity index is 2.52. The van der Waals surface area contributed by atoms with Crippen LogP contribution in [0.15, 0.2) is 23.1 Å². The van der Waals surface area contributed by atoms with Crippen LogP contribution in [0.1, 0.15) is 20.3 Å². The number of nitrogens with zero attached hydrogens (tertiary/aromatic N) is 4. The summed E-state index contributed by atoms with van der Waals surface area (Å²) < 4.78 is 28.4. The predicted octanol–water partition coefficient (Wildman–Crippen LogP) is 0.842. The lowest BCUT2D eigenvalue weighted by atomic mass is 10.3. The molecule has 0 atom stereocenters. The Morgan fingerprint density at radius 3 is 2.68 bits per heavy atom. The predicted molar refractivity (Wildman–Crippen MR) is 79.8 cm³/mol. The zero-order valence-corrected chi connectivity index (χ0v) is 13.4. The van der Waals surface area contributed by atoms with Crippen molar-refractivity contribution in [2.75, 3.05) is 6.54 Å². The van der Waals surface area contributed by atoms with Crippen LogP contribution in [0.25, 0.3) is 11.0 Å². The number of benzene rings is 1. The van der Waals surface area contributed by atoms with Gasteiger partial charge in [0.25, 0.3) is 0 Å². The lowest BCUT2D eigenvalue weighted by Gasteiger charge is -2.25. The van der Waals surface area contributed by atoms with Gasteiger partial charge in [-0.25, -0.2) is 13.1 Å². The van der Waals surface area contributed by atoms with Gasteiger partial charge in [0, 0.05) is 19.6 Å². The Morgan fingerprint density at radius 1 is 1.41 bits per heavy atom. The van der Waals surface area contributed by atoms with Gasteiger partial charge in [-0.15, -0.1) is 5.10 Å². The second-order valence-electron chi connectivity index (χ2n) is 5.19. The van der Waals surface area contributed by atoms with E-state index in [1.165, 1.54) is 15.1 Å². The molecule has 0 amide bonds. The molecule has 0 saturated carbocycles. The van der Waals surface area contributed by atoms with E-state index in [2.05, 4.69) is 10.3 Å². The molecule has 0 fully saturated rings. The number of carboxylic acids is 1. The molecule has 1 N–H and O–H groups in total. The van der Waals surface area contributed by atoms with Crippen molar-refractivity contribution in [3.8, 4) is 0 Å². The molecular weight excluding hydrogens is 308 g/mol. The van der Waals surface area contributed by atoms with Gasteiger partial charge in [-0.2, -0.15) is 4.31 Å². The van der Waals surface area contributed by atoms with E-state index >= 15 is 0 Å². The number of hydrogen-bond donors (Lipinski definition) is 1. The molecule has 9 heteroatoms. The standard InChI is InChI=1S/C13H18N4O4S/c1-9(2)17(8-7-12(18)19)22(20,21)11-6-4-5-10-13(11)14-15-16(10)3/h4-6,9H,7-8H2,1-3H3,(H,18,19). The molecule has 2 rings (SSSR count). The number of aryl methyl sites for hydroxylation is 1. The van der Waals surface area contributed by atoms with Crippen molar-refractivity contribution in [3.63, 3.8) is 0 Å². The number of aromatic nitrogens is 3. The average molecular weight is 326 g/mol. The van der Waals surface area contributed by atoms with Crippen LogP contribution in [-0.2, 0) is 21.9 Å². The highest BCUT2D eigenvalue weighted by Crippen LogP contribution is 2.25. The Hall–Kier alpha value is -2.00. The Morgan fingerprint density at radius 2 is 2.09 bits per heavy atom. The van der Waals surface area contributed by atoms with Gasteiger partial charge >= 0.3 is 5.97 Å². The SMILES string of the molecule is CC(C)N(CCC(=O)O)S(=O)(=O)c1cccc2c1nnn2C. The second kappa shape index (κ2) is 6.01. The van der Waals surface area contributed by atoms with Crippen molar-refractivity contribution in [1.29, 1.82) is 0 Å². The maximum absolute atomic E-state index is 12.9. The number of sulfonamides is 1. The van der Waals surface area contributed by atoms with E-state index in [9.17, 15) is 13.2 Å². The largest absolute Gasteiger partial charge is 0.481 e. The van der Waals surface area contributed by atoms with Gasteiger partial charge in [-0.1, -0.05) is 11.3 Å². The fraction of sp³-hybridized carbons (Fsp3) is 0.462. The maximum Gasteiger partial charge on any atom is 0.304 e. The van der Waals surface area contributed by atoms with Crippen LogP contribution in [0.4, 0.5) is 0 Å². The molecule has 0 radical (unpaired) electrons. The van der Waals surface area contributed by atoms with Crippen LogP contribution in [0.5, 0.6) is 0 Å². The normalized spacial score (nSPS) is 12.4. The zero-order valence-electron chi connectivity index (χ0n) is 12.6. The van der Waals surface area contributed by atoms with Crippen molar-refractivity contribution in [2.45, 2.75) is 31.2 Å². The summed E-state index contributed by atoms with van der Waals surface area (Å²) in [6.07, 6.45) is -0.256. The fourth-order valence-corrected chi connectivity index (χ4v) is 4.01.